The Bertz CT molecular complexity index is 977. The van der Waals surface area contributed by atoms with Gasteiger partial charge in [-0.15, -0.1) is 0 Å². The van der Waals surface area contributed by atoms with Gasteiger partial charge in [0.25, 0.3) is 0 Å². The molecule has 0 radical (unpaired) electrons. The minimum Gasteiger partial charge on any atom is -0.497 e. The number of hydrogen-bond acceptors (Lipinski definition) is 4. The Morgan fingerprint density at radius 3 is 2.76 bits per heavy atom. The van der Waals surface area contributed by atoms with E-state index in [1.807, 2.05) is 24.1 Å². The number of amides is 1. The number of carbonyl (C=O) groups is 1. The summed E-state index contributed by atoms with van der Waals surface area (Å²) in [6, 6.07) is 17.0. The molecule has 2 aromatic rings. The lowest BCUT2D eigenvalue weighted by Gasteiger charge is -2.35. The van der Waals surface area contributed by atoms with Gasteiger partial charge < -0.3 is 25.2 Å². The third kappa shape index (κ3) is 6.18. The molecule has 2 heterocycles. The summed E-state index contributed by atoms with van der Waals surface area (Å²) in [5, 5.41) is 7.05. The van der Waals surface area contributed by atoms with Gasteiger partial charge in [0.1, 0.15) is 5.75 Å². The lowest BCUT2D eigenvalue weighted by Crippen LogP contribution is -2.51. The Labute approximate surface area is 196 Å². The number of rotatable bonds is 7. The molecule has 0 saturated carbocycles. The molecule has 2 aliphatic heterocycles. The number of anilines is 1. The second kappa shape index (κ2) is 11.1. The summed E-state index contributed by atoms with van der Waals surface area (Å²) in [5.74, 6) is 1.96. The fourth-order valence-electron chi connectivity index (χ4n) is 4.64. The number of nitrogens with one attached hydrogen (secondary N) is 2. The third-order valence-corrected chi connectivity index (χ3v) is 6.40. The fraction of sp³-hybridized carbons (Fsp3) is 0.462. The SMILES string of the molecule is CN=C(NCc1cccc(CN2CCCC2=O)c1)NC1CCCN(c2cccc(OC)c2)C1. The number of benzene rings is 2. The van der Waals surface area contributed by atoms with E-state index >= 15 is 0 Å². The molecule has 7 heteroatoms. The summed E-state index contributed by atoms with van der Waals surface area (Å²) in [6.45, 7) is 4.22. The van der Waals surface area contributed by atoms with Crippen molar-refractivity contribution in [3.8, 4) is 5.75 Å². The van der Waals surface area contributed by atoms with Crippen LogP contribution in [0.25, 0.3) is 0 Å². The van der Waals surface area contributed by atoms with E-state index in [1.54, 1.807) is 7.11 Å². The summed E-state index contributed by atoms with van der Waals surface area (Å²) >= 11 is 0. The molecule has 7 nitrogen and oxygen atoms in total. The van der Waals surface area contributed by atoms with Crippen LogP contribution in [0.2, 0.25) is 0 Å². The van der Waals surface area contributed by atoms with Gasteiger partial charge in [0.2, 0.25) is 5.91 Å². The molecule has 0 aliphatic carbocycles. The molecule has 4 rings (SSSR count). The summed E-state index contributed by atoms with van der Waals surface area (Å²) in [6.07, 6.45) is 3.89. The zero-order valence-corrected chi connectivity index (χ0v) is 19.7. The van der Waals surface area contributed by atoms with E-state index in [-0.39, 0.29) is 5.91 Å². The van der Waals surface area contributed by atoms with Gasteiger partial charge in [0.15, 0.2) is 5.96 Å². The Kier molecular flexibility index (Phi) is 7.70. The van der Waals surface area contributed by atoms with Gasteiger partial charge in [-0.1, -0.05) is 30.3 Å². The topological polar surface area (TPSA) is 69.2 Å². The second-order valence-electron chi connectivity index (χ2n) is 8.80. The number of carbonyl (C=O) groups excluding carboxylic acids is 1. The highest BCUT2D eigenvalue weighted by Crippen LogP contribution is 2.24. The molecule has 1 atom stereocenters. The van der Waals surface area contributed by atoms with Crippen LogP contribution in [0.15, 0.2) is 53.5 Å². The van der Waals surface area contributed by atoms with Crippen LogP contribution in [0.5, 0.6) is 5.75 Å². The zero-order valence-electron chi connectivity index (χ0n) is 19.7. The Morgan fingerprint density at radius 1 is 1.12 bits per heavy atom. The van der Waals surface area contributed by atoms with Crippen LogP contribution in [0, 0.1) is 0 Å². The highest BCUT2D eigenvalue weighted by molar-refractivity contribution is 5.80. The summed E-state index contributed by atoms with van der Waals surface area (Å²) in [5.41, 5.74) is 3.55. The average Bonchev–Trinajstić information content (AvgIpc) is 3.26. The van der Waals surface area contributed by atoms with Crippen molar-refractivity contribution in [2.75, 3.05) is 38.7 Å². The second-order valence-corrected chi connectivity index (χ2v) is 8.80. The molecular formula is C26H35N5O2. The van der Waals surface area contributed by atoms with Gasteiger partial charge in [-0.2, -0.15) is 0 Å². The van der Waals surface area contributed by atoms with Crippen LogP contribution >= 0.6 is 0 Å². The van der Waals surface area contributed by atoms with Gasteiger partial charge >= 0.3 is 0 Å². The number of piperidine rings is 1. The molecule has 1 amide bonds. The number of hydrogen-bond donors (Lipinski definition) is 2. The molecule has 2 aliphatic rings. The minimum absolute atomic E-state index is 0.263. The summed E-state index contributed by atoms with van der Waals surface area (Å²) in [4.78, 5) is 20.7. The first-order chi connectivity index (χ1) is 16.1. The maximum atomic E-state index is 11.9. The summed E-state index contributed by atoms with van der Waals surface area (Å²) in [7, 11) is 3.52. The normalized spacial score (nSPS) is 19.0. The minimum atomic E-state index is 0.263. The van der Waals surface area contributed by atoms with Gasteiger partial charge in [-0.05, 0) is 42.5 Å². The van der Waals surface area contributed by atoms with Crippen molar-refractivity contribution in [1.29, 1.82) is 0 Å². The smallest absolute Gasteiger partial charge is 0.222 e. The van der Waals surface area contributed by atoms with Gasteiger partial charge in [-0.25, -0.2) is 0 Å². The van der Waals surface area contributed by atoms with Crippen LogP contribution in [0.4, 0.5) is 5.69 Å². The Morgan fingerprint density at radius 2 is 1.97 bits per heavy atom. The first kappa shape index (κ1) is 23.0. The molecule has 2 aromatic carbocycles. The Hall–Kier alpha value is -3.22. The molecule has 0 aromatic heterocycles. The lowest BCUT2D eigenvalue weighted by molar-refractivity contribution is -0.128. The van der Waals surface area contributed by atoms with Crippen molar-refractivity contribution in [2.45, 2.75) is 44.8 Å². The van der Waals surface area contributed by atoms with E-state index < -0.39 is 0 Å². The van der Waals surface area contributed by atoms with Crippen LogP contribution < -0.4 is 20.3 Å². The largest absolute Gasteiger partial charge is 0.497 e. The molecule has 2 fully saturated rings. The number of likely N-dealkylation sites (tertiary alicyclic amines) is 1. The standard InChI is InChI=1S/C26H35N5O2/c1-27-26(28-17-20-7-3-8-21(15-20)18-31-14-6-12-25(31)32)29-22-9-5-13-30(19-22)23-10-4-11-24(16-23)33-2/h3-4,7-8,10-11,15-16,22H,5-6,9,12-14,17-19H2,1-2H3,(H2,27,28,29). The zero-order chi connectivity index (χ0) is 23.0. The molecule has 33 heavy (non-hydrogen) atoms. The average molecular weight is 450 g/mol. The predicted molar refractivity (Wildman–Crippen MR) is 133 cm³/mol. The molecule has 0 bridgehead atoms. The van der Waals surface area contributed by atoms with Crippen molar-refractivity contribution in [1.82, 2.24) is 15.5 Å². The van der Waals surface area contributed by atoms with Crippen molar-refractivity contribution < 1.29 is 9.53 Å². The maximum absolute atomic E-state index is 11.9. The highest BCUT2D eigenvalue weighted by atomic mass is 16.5. The van der Waals surface area contributed by atoms with Crippen LogP contribution in [0.1, 0.15) is 36.8 Å². The number of guanidine groups is 1. The van der Waals surface area contributed by atoms with E-state index in [9.17, 15) is 4.79 Å². The highest BCUT2D eigenvalue weighted by Gasteiger charge is 2.22. The molecule has 176 valence electrons. The number of methoxy groups -OCH3 is 1. The summed E-state index contributed by atoms with van der Waals surface area (Å²) < 4.78 is 5.39. The number of nitrogens with zero attached hydrogens (tertiary/aromatic N) is 3. The first-order valence-corrected chi connectivity index (χ1v) is 11.9. The van der Waals surface area contributed by atoms with Crippen molar-refractivity contribution >= 4 is 17.6 Å². The van der Waals surface area contributed by atoms with Crippen molar-refractivity contribution in [3.05, 3.63) is 59.7 Å². The molecular weight excluding hydrogens is 414 g/mol. The first-order valence-electron chi connectivity index (χ1n) is 11.9. The lowest BCUT2D eigenvalue weighted by atomic mass is 10.0. The molecule has 2 saturated heterocycles. The van der Waals surface area contributed by atoms with Crippen LogP contribution in [-0.4, -0.2) is 56.6 Å². The van der Waals surface area contributed by atoms with E-state index in [0.29, 0.717) is 25.6 Å². The van der Waals surface area contributed by atoms with Crippen molar-refractivity contribution in [2.24, 2.45) is 4.99 Å². The van der Waals surface area contributed by atoms with Crippen LogP contribution in [0.3, 0.4) is 0 Å². The van der Waals surface area contributed by atoms with Gasteiger partial charge in [0.05, 0.1) is 7.11 Å². The van der Waals surface area contributed by atoms with E-state index in [2.05, 4.69) is 56.9 Å². The molecule has 0 spiro atoms. The molecule has 1 unspecified atom stereocenters. The number of ether oxygens (including phenoxy) is 1. The quantitative estimate of drug-likeness (QED) is 0.502. The van der Waals surface area contributed by atoms with Crippen molar-refractivity contribution in [3.63, 3.8) is 0 Å². The van der Waals surface area contributed by atoms with E-state index in [4.69, 9.17) is 4.74 Å². The van der Waals surface area contributed by atoms with E-state index in [1.165, 1.54) is 16.8 Å². The maximum Gasteiger partial charge on any atom is 0.222 e. The van der Waals surface area contributed by atoms with Gasteiger partial charge in [-0.3, -0.25) is 9.79 Å². The van der Waals surface area contributed by atoms with Crippen LogP contribution in [-0.2, 0) is 17.9 Å². The third-order valence-electron chi connectivity index (χ3n) is 6.40. The number of aliphatic imine (C=N–C) groups is 1. The predicted octanol–water partition coefficient (Wildman–Crippen LogP) is 3.15. The van der Waals surface area contributed by atoms with Gasteiger partial charge in [0, 0.05) is 64.0 Å². The Balaban J connectivity index is 1.30. The fourth-order valence-corrected chi connectivity index (χ4v) is 4.64. The monoisotopic (exact) mass is 449 g/mol. The molecule has 2 N–H and O–H groups in total. The van der Waals surface area contributed by atoms with E-state index in [0.717, 1.165) is 50.6 Å².